The summed E-state index contributed by atoms with van der Waals surface area (Å²) < 4.78 is 20.1. The first kappa shape index (κ1) is 20.1. The Labute approximate surface area is 196 Å². The summed E-state index contributed by atoms with van der Waals surface area (Å²) in [6.07, 6.45) is 11.4. The molecule has 1 aromatic heterocycles. The van der Waals surface area contributed by atoms with Gasteiger partial charge in [0.2, 0.25) is 5.91 Å². The van der Waals surface area contributed by atoms with Gasteiger partial charge in [0.15, 0.2) is 11.7 Å². The van der Waals surface area contributed by atoms with Gasteiger partial charge < -0.3 is 4.90 Å². The zero-order chi connectivity index (χ0) is 21.9. The second kappa shape index (κ2) is 7.50. The maximum absolute atomic E-state index is 13.5. The zero-order valence-corrected chi connectivity index (χ0v) is 19.8. The number of carbonyl (C=O) groups excluding carboxylic acids is 1. The molecule has 5 aliphatic rings. The van der Waals surface area contributed by atoms with Crippen LogP contribution in [0.25, 0.3) is 5.57 Å². The van der Waals surface area contributed by atoms with Crippen molar-refractivity contribution in [2.24, 2.45) is 24.6 Å². The fourth-order valence-corrected chi connectivity index (χ4v) is 6.56. The molecule has 1 aromatic rings. The Morgan fingerprint density at radius 3 is 2.94 bits per heavy atom. The first-order chi connectivity index (χ1) is 15.5. The van der Waals surface area contributed by atoms with Gasteiger partial charge in [-0.15, -0.1) is 5.10 Å². The maximum Gasteiger partial charge on any atom is 0.248 e. The fraction of sp³-hybridized carbons (Fsp3) is 0.391. The van der Waals surface area contributed by atoms with Crippen LogP contribution in [0.3, 0.4) is 0 Å². The third-order valence-electron chi connectivity index (χ3n) is 6.71. The molecule has 0 radical (unpaired) electrons. The van der Waals surface area contributed by atoms with Crippen LogP contribution in [-0.4, -0.2) is 43.8 Å². The molecule has 7 nitrogen and oxygen atoms in total. The summed E-state index contributed by atoms with van der Waals surface area (Å²) in [4.78, 5) is 23.9. The van der Waals surface area contributed by atoms with E-state index >= 15 is 0 Å². The molecular weight excluding hydrogens is 522 g/mol. The van der Waals surface area contributed by atoms with Crippen molar-refractivity contribution in [3.63, 3.8) is 0 Å². The molecular formula is C23H22FIN6O. The first-order valence-electron chi connectivity index (χ1n) is 10.9. The van der Waals surface area contributed by atoms with E-state index in [1.807, 2.05) is 14.2 Å². The highest BCUT2D eigenvalue weighted by molar-refractivity contribution is 14.1. The van der Waals surface area contributed by atoms with Gasteiger partial charge in [0, 0.05) is 35.2 Å². The second-order valence-corrected chi connectivity index (χ2v) is 10.7. The van der Waals surface area contributed by atoms with Crippen LogP contribution in [0, 0.1) is 17.2 Å². The molecule has 1 amide bonds. The topological polar surface area (TPSA) is 73.5 Å². The number of nitrogens with zero attached hydrogens (tertiary/aromatic N) is 6. The van der Waals surface area contributed by atoms with Gasteiger partial charge in [-0.2, -0.15) is 6.37 Å². The van der Waals surface area contributed by atoms with Gasteiger partial charge in [-0.3, -0.25) is 14.8 Å². The highest BCUT2D eigenvalue weighted by atomic mass is 127. The number of hydrogen-bond donors (Lipinski definition) is 0. The van der Waals surface area contributed by atoms with Crippen LogP contribution in [0.2, 0.25) is 0 Å². The van der Waals surface area contributed by atoms with E-state index in [1.165, 1.54) is 30.7 Å². The Kier molecular flexibility index (Phi) is 4.70. The van der Waals surface area contributed by atoms with E-state index in [9.17, 15) is 9.18 Å². The monoisotopic (exact) mass is 544 g/mol. The minimum Gasteiger partial charge on any atom is -0.313 e. The molecule has 1 atom stereocenters. The highest BCUT2D eigenvalue weighted by Crippen LogP contribution is 2.51. The number of hydrogen-bond acceptors (Lipinski definition) is 6. The van der Waals surface area contributed by atoms with Crippen LogP contribution in [0.4, 0.5) is 4.39 Å². The molecule has 9 heteroatoms. The number of allylic oxidation sites excluding steroid dienone is 4. The SMILES string of the molecule is CC12CC=CC(c3ccc(F)cn3)=C1CCN1C(=O)CN=C(N3N=C(C4CC4)N=I3)C=C12. The highest BCUT2D eigenvalue weighted by Gasteiger charge is 2.45. The predicted molar refractivity (Wildman–Crippen MR) is 128 cm³/mol. The largest absolute Gasteiger partial charge is 0.313 e. The van der Waals surface area contributed by atoms with E-state index in [4.69, 9.17) is 5.10 Å². The summed E-state index contributed by atoms with van der Waals surface area (Å²) in [6.45, 7) is 2.92. The minimum absolute atomic E-state index is 0.0169. The quantitative estimate of drug-likeness (QED) is 0.405. The molecule has 2 fully saturated rings. The normalized spacial score (nSPS) is 27.3. The summed E-state index contributed by atoms with van der Waals surface area (Å²) >= 11 is -0.643. The summed E-state index contributed by atoms with van der Waals surface area (Å²) in [7, 11) is 0. The lowest BCUT2D eigenvalue weighted by atomic mass is 9.67. The number of piperidine rings is 1. The summed E-state index contributed by atoms with van der Waals surface area (Å²) in [5.41, 5.74) is 3.61. The second-order valence-electron chi connectivity index (χ2n) is 8.84. The van der Waals surface area contributed by atoms with Gasteiger partial charge in [0.05, 0.1) is 11.9 Å². The van der Waals surface area contributed by atoms with Crippen LogP contribution < -0.4 is 0 Å². The van der Waals surface area contributed by atoms with Crippen LogP contribution >= 0.6 is 21.3 Å². The van der Waals surface area contributed by atoms with Gasteiger partial charge >= 0.3 is 0 Å². The third kappa shape index (κ3) is 3.28. The standard InChI is InChI=1S/C23H22FIN6O/c1-23-9-2-3-16(18-7-6-15(24)12-26-18)17(23)8-10-30-19(23)11-20(27-13-21(30)32)31-25-28-22(29-31)14-4-5-14/h2-3,6-7,11-12,14H,4-5,8-10,13H2,1H3. The van der Waals surface area contributed by atoms with Crippen molar-refractivity contribution in [1.82, 2.24) is 13.1 Å². The van der Waals surface area contributed by atoms with Gasteiger partial charge in [-0.25, -0.2) is 4.39 Å². The molecule has 2 aliphatic carbocycles. The lowest BCUT2D eigenvalue weighted by Crippen LogP contribution is -2.45. The number of rotatable bonds is 2. The number of aromatic nitrogens is 1. The van der Waals surface area contributed by atoms with E-state index in [0.29, 0.717) is 12.5 Å². The van der Waals surface area contributed by atoms with Crippen molar-refractivity contribution in [2.45, 2.75) is 32.6 Å². The number of fused-ring (bicyclic) bond motifs is 3. The van der Waals surface area contributed by atoms with Gasteiger partial charge in [-0.1, -0.05) is 12.2 Å². The molecule has 164 valence electrons. The number of carbonyl (C=O) groups is 1. The number of amidine groups is 2. The molecule has 0 aromatic carbocycles. The first-order valence-corrected chi connectivity index (χ1v) is 12.8. The average molecular weight is 544 g/mol. The molecule has 0 N–H and O–H groups in total. The molecule has 3 aliphatic heterocycles. The van der Waals surface area contributed by atoms with Crippen molar-refractivity contribution >= 4 is 44.5 Å². The molecule has 1 saturated heterocycles. The third-order valence-corrected chi connectivity index (χ3v) is 8.54. The lowest BCUT2D eigenvalue weighted by Gasteiger charge is -2.46. The maximum atomic E-state index is 13.5. The van der Waals surface area contributed by atoms with Crippen LogP contribution in [0.5, 0.6) is 0 Å². The van der Waals surface area contributed by atoms with Gasteiger partial charge in [-0.05, 0) is 50.3 Å². The smallest absolute Gasteiger partial charge is 0.248 e. The van der Waals surface area contributed by atoms with Crippen molar-refractivity contribution in [2.75, 3.05) is 13.1 Å². The molecule has 0 spiro atoms. The van der Waals surface area contributed by atoms with Crippen LogP contribution in [0.15, 0.2) is 61.1 Å². The van der Waals surface area contributed by atoms with E-state index in [2.05, 4.69) is 32.2 Å². The minimum atomic E-state index is -0.643. The Balaban J connectivity index is 1.43. The molecule has 6 rings (SSSR count). The zero-order valence-electron chi connectivity index (χ0n) is 17.6. The lowest BCUT2D eigenvalue weighted by molar-refractivity contribution is -0.128. The van der Waals surface area contributed by atoms with E-state index in [1.54, 1.807) is 6.07 Å². The number of amides is 1. The van der Waals surface area contributed by atoms with Gasteiger partial charge in [0.25, 0.3) is 0 Å². The molecule has 0 bridgehead atoms. The summed E-state index contributed by atoms with van der Waals surface area (Å²) in [5.74, 6) is 1.87. The Morgan fingerprint density at radius 2 is 2.16 bits per heavy atom. The Bertz CT molecular complexity index is 1190. The number of aliphatic imine (C=N–C) groups is 1. The molecule has 32 heavy (non-hydrogen) atoms. The van der Waals surface area contributed by atoms with Crippen molar-refractivity contribution in [3.8, 4) is 0 Å². The Morgan fingerprint density at radius 1 is 1.28 bits per heavy atom. The van der Waals surface area contributed by atoms with Crippen molar-refractivity contribution < 1.29 is 9.18 Å². The van der Waals surface area contributed by atoms with E-state index in [0.717, 1.165) is 41.5 Å². The fourth-order valence-electron chi connectivity index (χ4n) is 4.81. The summed E-state index contributed by atoms with van der Waals surface area (Å²) in [6, 6.07) is 3.17. The van der Waals surface area contributed by atoms with Crippen LogP contribution in [-0.2, 0) is 4.79 Å². The Hall–Kier alpha value is -2.56. The molecule has 1 unspecified atom stereocenters. The average Bonchev–Trinajstić information content (AvgIpc) is 3.56. The molecule has 1 saturated carbocycles. The number of hydrazone groups is 1. The van der Waals surface area contributed by atoms with Crippen molar-refractivity contribution in [1.29, 1.82) is 0 Å². The summed E-state index contributed by atoms with van der Waals surface area (Å²) in [5, 5.41) is 4.73. The molecule has 4 heterocycles. The van der Waals surface area contributed by atoms with Gasteiger partial charge in [0.1, 0.15) is 33.7 Å². The van der Waals surface area contributed by atoms with E-state index in [-0.39, 0.29) is 23.7 Å². The van der Waals surface area contributed by atoms with Crippen molar-refractivity contribution in [3.05, 3.63) is 59.3 Å². The van der Waals surface area contributed by atoms with Crippen LogP contribution in [0.1, 0.15) is 38.3 Å². The number of pyridine rings is 1. The number of halogens is 2. The van der Waals surface area contributed by atoms with E-state index < -0.39 is 21.3 Å². The predicted octanol–water partition coefficient (Wildman–Crippen LogP) is 4.58.